The number of nitrogens with zero attached hydrogens (tertiary/aromatic N) is 2. The van der Waals surface area contributed by atoms with E-state index >= 15 is 0 Å². The van der Waals surface area contributed by atoms with Crippen LogP contribution in [-0.4, -0.2) is 34.3 Å². The molecule has 2 aromatic carbocycles. The molecule has 6 nitrogen and oxygen atoms in total. The summed E-state index contributed by atoms with van der Waals surface area (Å²) in [5.74, 6) is 1.40. The Labute approximate surface area is 192 Å². The van der Waals surface area contributed by atoms with E-state index in [2.05, 4.69) is 38.2 Å². The first-order valence-electron chi connectivity index (χ1n) is 10.5. The van der Waals surface area contributed by atoms with E-state index in [0.717, 1.165) is 21.8 Å². The molecule has 1 N–H and O–H groups in total. The van der Waals surface area contributed by atoms with Crippen molar-refractivity contribution in [3.8, 4) is 17.1 Å². The number of amides is 1. The van der Waals surface area contributed by atoms with E-state index in [1.165, 1.54) is 17.3 Å². The summed E-state index contributed by atoms with van der Waals surface area (Å²) in [7, 11) is 1.58. The zero-order chi connectivity index (χ0) is 22.7. The monoisotopic (exact) mass is 449 g/mol. The van der Waals surface area contributed by atoms with Crippen LogP contribution in [0, 0.1) is 6.92 Å². The summed E-state index contributed by atoms with van der Waals surface area (Å²) in [6, 6.07) is 15.5. The maximum Gasteiger partial charge on any atom is 0.234 e. The van der Waals surface area contributed by atoms with Gasteiger partial charge >= 0.3 is 0 Å². The van der Waals surface area contributed by atoms with E-state index in [0.29, 0.717) is 30.3 Å². The van der Waals surface area contributed by atoms with Gasteiger partial charge in [-0.15, -0.1) is 0 Å². The molecule has 0 bridgehead atoms. The van der Waals surface area contributed by atoms with Gasteiger partial charge in [-0.1, -0.05) is 53.7 Å². The molecular weight excluding hydrogens is 422 g/mol. The Balaban J connectivity index is 1.59. The number of anilines is 1. The third kappa shape index (κ3) is 5.11. The molecule has 0 atom stereocenters. The maximum atomic E-state index is 12.7. The van der Waals surface area contributed by atoms with Crippen molar-refractivity contribution in [1.29, 1.82) is 0 Å². The largest absolute Gasteiger partial charge is 0.495 e. The fourth-order valence-electron chi connectivity index (χ4n) is 3.54. The van der Waals surface area contributed by atoms with Gasteiger partial charge < -0.3 is 14.8 Å². The van der Waals surface area contributed by atoms with Gasteiger partial charge in [0.15, 0.2) is 5.82 Å². The van der Waals surface area contributed by atoms with Gasteiger partial charge in [-0.05, 0) is 32.9 Å². The van der Waals surface area contributed by atoms with Crippen LogP contribution in [0.1, 0.15) is 30.7 Å². The minimum Gasteiger partial charge on any atom is -0.495 e. The number of rotatable bonds is 6. The molecule has 0 unspecified atom stereocenters. The summed E-state index contributed by atoms with van der Waals surface area (Å²) in [6.07, 6.45) is 0.699. The predicted molar refractivity (Wildman–Crippen MR) is 127 cm³/mol. The van der Waals surface area contributed by atoms with Gasteiger partial charge in [0.2, 0.25) is 5.91 Å². The number of carbonyl (C=O) groups excluding carboxylic acids is 1. The standard InChI is InChI=1S/C25H27N3O3S/c1-16-9-11-17(12-10-16)23-27-20-13-25(2,3)31-14-18(20)24(28-23)32-15-22(29)26-19-7-5-6-8-21(19)30-4/h5-12H,13-15H2,1-4H3,(H,26,29). The van der Waals surface area contributed by atoms with Crippen LogP contribution in [-0.2, 0) is 22.6 Å². The van der Waals surface area contributed by atoms with Gasteiger partial charge in [-0.3, -0.25) is 4.79 Å². The van der Waals surface area contributed by atoms with Gasteiger partial charge in [0.05, 0.1) is 36.5 Å². The lowest BCUT2D eigenvalue weighted by Gasteiger charge is -2.32. The van der Waals surface area contributed by atoms with E-state index < -0.39 is 0 Å². The number of carbonyl (C=O) groups is 1. The Morgan fingerprint density at radius 2 is 1.91 bits per heavy atom. The fraction of sp³-hybridized carbons (Fsp3) is 0.320. The molecule has 0 fully saturated rings. The molecule has 0 saturated heterocycles. The number of para-hydroxylation sites is 2. The average Bonchev–Trinajstić information content (AvgIpc) is 2.77. The lowest BCUT2D eigenvalue weighted by atomic mass is 9.96. The van der Waals surface area contributed by atoms with Crippen LogP contribution in [0.5, 0.6) is 5.75 Å². The van der Waals surface area contributed by atoms with E-state index in [-0.39, 0.29) is 17.3 Å². The van der Waals surface area contributed by atoms with Crippen LogP contribution >= 0.6 is 11.8 Å². The Hall–Kier alpha value is -2.90. The SMILES string of the molecule is COc1ccccc1NC(=O)CSc1nc(-c2ccc(C)cc2)nc2c1COC(C)(C)C2. The number of hydrogen-bond acceptors (Lipinski definition) is 6. The van der Waals surface area contributed by atoms with Crippen molar-refractivity contribution in [3.63, 3.8) is 0 Å². The van der Waals surface area contributed by atoms with Crippen molar-refractivity contribution in [3.05, 3.63) is 65.4 Å². The number of aryl methyl sites for hydroxylation is 1. The quantitative estimate of drug-likeness (QED) is 0.420. The van der Waals surface area contributed by atoms with Crippen molar-refractivity contribution in [1.82, 2.24) is 9.97 Å². The number of hydrogen-bond donors (Lipinski definition) is 1. The van der Waals surface area contributed by atoms with Crippen molar-refractivity contribution in [2.24, 2.45) is 0 Å². The molecular formula is C25H27N3O3S. The second kappa shape index (κ2) is 9.30. The molecule has 0 aliphatic carbocycles. The number of fused-ring (bicyclic) bond motifs is 1. The molecule has 3 aromatic rings. The van der Waals surface area contributed by atoms with Crippen molar-refractivity contribution in [2.45, 2.75) is 44.4 Å². The molecule has 1 aliphatic rings. The van der Waals surface area contributed by atoms with Gasteiger partial charge in [0.1, 0.15) is 10.8 Å². The summed E-state index contributed by atoms with van der Waals surface area (Å²) in [6.45, 7) is 6.63. The normalized spacial score (nSPS) is 14.5. The van der Waals surface area contributed by atoms with Crippen LogP contribution in [0.3, 0.4) is 0 Å². The molecule has 4 rings (SSSR count). The Kier molecular flexibility index (Phi) is 6.48. The molecule has 7 heteroatoms. The molecule has 2 heterocycles. The lowest BCUT2D eigenvalue weighted by Crippen LogP contribution is -2.33. The van der Waals surface area contributed by atoms with E-state index in [1.54, 1.807) is 7.11 Å². The van der Waals surface area contributed by atoms with Crippen molar-refractivity contribution >= 4 is 23.4 Å². The van der Waals surface area contributed by atoms with Crippen LogP contribution in [0.4, 0.5) is 5.69 Å². The van der Waals surface area contributed by atoms with Crippen molar-refractivity contribution in [2.75, 3.05) is 18.2 Å². The first kappa shape index (κ1) is 22.3. The maximum absolute atomic E-state index is 12.7. The van der Waals surface area contributed by atoms with Crippen LogP contribution < -0.4 is 10.1 Å². The number of aromatic nitrogens is 2. The highest BCUT2D eigenvalue weighted by Crippen LogP contribution is 2.34. The molecule has 0 radical (unpaired) electrons. The minimum absolute atomic E-state index is 0.124. The van der Waals surface area contributed by atoms with Gasteiger partial charge in [0.25, 0.3) is 0 Å². The third-order valence-corrected chi connectivity index (χ3v) is 6.30. The van der Waals surface area contributed by atoms with E-state index in [9.17, 15) is 4.79 Å². The highest BCUT2D eigenvalue weighted by molar-refractivity contribution is 8.00. The van der Waals surface area contributed by atoms with Crippen LogP contribution in [0.15, 0.2) is 53.6 Å². The fourth-order valence-corrected chi connectivity index (χ4v) is 4.38. The number of nitrogens with one attached hydrogen (secondary N) is 1. The molecule has 1 amide bonds. The molecule has 32 heavy (non-hydrogen) atoms. The molecule has 0 spiro atoms. The molecule has 1 aromatic heterocycles. The van der Waals surface area contributed by atoms with Crippen LogP contribution in [0.25, 0.3) is 11.4 Å². The summed E-state index contributed by atoms with van der Waals surface area (Å²) in [5.41, 5.74) is 4.46. The highest BCUT2D eigenvalue weighted by atomic mass is 32.2. The second-order valence-electron chi connectivity index (χ2n) is 8.41. The topological polar surface area (TPSA) is 73.3 Å². The third-order valence-electron chi connectivity index (χ3n) is 5.29. The van der Waals surface area contributed by atoms with Crippen LogP contribution in [0.2, 0.25) is 0 Å². The van der Waals surface area contributed by atoms with Gasteiger partial charge in [0, 0.05) is 17.5 Å². The summed E-state index contributed by atoms with van der Waals surface area (Å²) in [5, 5.41) is 3.71. The number of ether oxygens (including phenoxy) is 2. The second-order valence-corrected chi connectivity index (χ2v) is 9.37. The first-order valence-corrected chi connectivity index (χ1v) is 11.5. The molecule has 1 aliphatic heterocycles. The minimum atomic E-state index is -0.283. The summed E-state index contributed by atoms with van der Waals surface area (Å²) in [4.78, 5) is 22.3. The number of methoxy groups -OCH3 is 1. The van der Waals surface area contributed by atoms with E-state index in [1.807, 2.05) is 36.4 Å². The zero-order valence-electron chi connectivity index (χ0n) is 18.8. The summed E-state index contributed by atoms with van der Waals surface area (Å²) < 4.78 is 11.3. The summed E-state index contributed by atoms with van der Waals surface area (Å²) >= 11 is 1.40. The Morgan fingerprint density at radius 3 is 2.66 bits per heavy atom. The predicted octanol–water partition coefficient (Wildman–Crippen LogP) is 5.04. The van der Waals surface area contributed by atoms with Gasteiger partial charge in [-0.2, -0.15) is 0 Å². The number of benzene rings is 2. The molecule has 166 valence electrons. The van der Waals surface area contributed by atoms with E-state index in [4.69, 9.17) is 19.4 Å². The Morgan fingerprint density at radius 1 is 1.16 bits per heavy atom. The number of thioether (sulfide) groups is 1. The zero-order valence-corrected chi connectivity index (χ0v) is 19.6. The average molecular weight is 450 g/mol. The Bertz CT molecular complexity index is 1130. The smallest absolute Gasteiger partial charge is 0.234 e. The first-order chi connectivity index (χ1) is 15.3. The molecule has 0 saturated carbocycles. The highest BCUT2D eigenvalue weighted by Gasteiger charge is 2.30. The lowest BCUT2D eigenvalue weighted by molar-refractivity contribution is -0.113. The van der Waals surface area contributed by atoms with Gasteiger partial charge in [-0.25, -0.2) is 9.97 Å². The van der Waals surface area contributed by atoms with Crippen molar-refractivity contribution < 1.29 is 14.3 Å².